The van der Waals surface area contributed by atoms with E-state index < -0.39 is 0 Å². The van der Waals surface area contributed by atoms with Crippen molar-refractivity contribution in [1.29, 1.82) is 0 Å². The van der Waals surface area contributed by atoms with E-state index in [2.05, 4.69) is 29.1 Å². The highest BCUT2D eigenvalue weighted by atomic mass is 16.1. The maximum atomic E-state index is 11.3. The molecular weight excluding hydrogens is 202 g/mol. The fourth-order valence-electron chi connectivity index (χ4n) is 2.33. The van der Waals surface area contributed by atoms with E-state index in [4.69, 9.17) is 0 Å². The second kappa shape index (κ2) is 4.78. The largest absolute Gasteiger partial charge is 0.345 e. The first kappa shape index (κ1) is 11.3. The molecular formula is C12H19N3O. The minimum Gasteiger partial charge on any atom is -0.317 e. The Labute approximate surface area is 95.5 Å². The standard InChI is InChI=1S/C12H19N3O/c1-8(2)10-7-14-12(16)15-11(10)9-3-5-13-6-4-9/h7-9,13H,3-6H2,1-2H3,(H,14,15,16). The molecule has 0 radical (unpaired) electrons. The molecule has 2 heterocycles. The van der Waals surface area contributed by atoms with E-state index in [1.807, 2.05) is 0 Å². The Balaban J connectivity index is 2.36. The molecule has 0 bridgehead atoms. The Morgan fingerprint density at radius 1 is 1.38 bits per heavy atom. The van der Waals surface area contributed by atoms with Gasteiger partial charge in [0.15, 0.2) is 0 Å². The molecule has 0 saturated carbocycles. The van der Waals surface area contributed by atoms with Crippen molar-refractivity contribution in [2.24, 2.45) is 0 Å². The summed E-state index contributed by atoms with van der Waals surface area (Å²) in [5.74, 6) is 0.892. The van der Waals surface area contributed by atoms with Crippen LogP contribution in [0.5, 0.6) is 0 Å². The SMILES string of the molecule is CC(C)c1cnc(=O)[nH]c1C1CCNCC1. The average molecular weight is 221 g/mol. The molecule has 0 atom stereocenters. The molecule has 1 aromatic rings. The van der Waals surface area contributed by atoms with Crippen LogP contribution < -0.4 is 11.0 Å². The molecule has 0 unspecified atom stereocenters. The molecule has 1 saturated heterocycles. The van der Waals surface area contributed by atoms with Gasteiger partial charge in [0.05, 0.1) is 0 Å². The molecule has 4 heteroatoms. The fourth-order valence-corrected chi connectivity index (χ4v) is 2.33. The molecule has 4 nitrogen and oxygen atoms in total. The van der Waals surface area contributed by atoms with Crippen LogP contribution >= 0.6 is 0 Å². The third-order valence-electron chi connectivity index (χ3n) is 3.24. The first-order chi connectivity index (χ1) is 7.68. The van der Waals surface area contributed by atoms with Crippen molar-refractivity contribution < 1.29 is 0 Å². The van der Waals surface area contributed by atoms with Gasteiger partial charge in [-0.05, 0) is 37.4 Å². The van der Waals surface area contributed by atoms with Crippen LogP contribution in [0.2, 0.25) is 0 Å². The fraction of sp³-hybridized carbons (Fsp3) is 0.667. The summed E-state index contributed by atoms with van der Waals surface area (Å²) in [5.41, 5.74) is 2.07. The lowest BCUT2D eigenvalue weighted by Crippen LogP contribution is -2.29. The van der Waals surface area contributed by atoms with Gasteiger partial charge in [-0.3, -0.25) is 0 Å². The monoisotopic (exact) mass is 221 g/mol. The van der Waals surface area contributed by atoms with Crippen molar-refractivity contribution in [1.82, 2.24) is 15.3 Å². The number of aromatic amines is 1. The number of hydrogen-bond donors (Lipinski definition) is 2. The Kier molecular flexibility index (Phi) is 3.39. The molecule has 1 aliphatic rings. The molecule has 16 heavy (non-hydrogen) atoms. The van der Waals surface area contributed by atoms with Crippen molar-refractivity contribution in [3.05, 3.63) is 27.9 Å². The Bertz CT molecular complexity index is 405. The van der Waals surface area contributed by atoms with Crippen molar-refractivity contribution in [2.75, 3.05) is 13.1 Å². The van der Waals surface area contributed by atoms with Crippen LogP contribution in [0.4, 0.5) is 0 Å². The molecule has 0 amide bonds. The third kappa shape index (κ3) is 2.32. The zero-order valence-electron chi connectivity index (χ0n) is 9.92. The summed E-state index contributed by atoms with van der Waals surface area (Å²) >= 11 is 0. The van der Waals surface area contributed by atoms with Gasteiger partial charge < -0.3 is 10.3 Å². The van der Waals surface area contributed by atoms with Gasteiger partial charge in [0, 0.05) is 17.8 Å². The number of nitrogens with zero attached hydrogens (tertiary/aromatic N) is 1. The van der Waals surface area contributed by atoms with Crippen LogP contribution in [0.25, 0.3) is 0 Å². The highest BCUT2D eigenvalue weighted by molar-refractivity contribution is 5.23. The Morgan fingerprint density at radius 2 is 2.06 bits per heavy atom. The molecule has 0 aliphatic carbocycles. The van der Waals surface area contributed by atoms with Crippen LogP contribution in [0.15, 0.2) is 11.0 Å². The summed E-state index contributed by atoms with van der Waals surface area (Å²) in [5, 5.41) is 3.34. The number of nitrogens with one attached hydrogen (secondary N) is 2. The number of rotatable bonds is 2. The van der Waals surface area contributed by atoms with Gasteiger partial charge >= 0.3 is 5.69 Å². The summed E-state index contributed by atoms with van der Waals surface area (Å²) in [6.07, 6.45) is 3.93. The highest BCUT2D eigenvalue weighted by Crippen LogP contribution is 2.28. The van der Waals surface area contributed by atoms with E-state index >= 15 is 0 Å². The van der Waals surface area contributed by atoms with Gasteiger partial charge in [-0.1, -0.05) is 13.8 Å². The van der Waals surface area contributed by atoms with Gasteiger partial charge in [0.1, 0.15) is 0 Å². The van der Waals surface area contributed by atoms with Crippen molar-refractivity contribution in [2.45, 2.75) is 38.5 Å². The summed E-state index contributed by atoms with van der Waals surface area (Å²) in [6.45, 7) is 6.35. The normalized spacial score (nSPS) is 17.9. The van der Waals surface area contributed by atoms with Crippen LogP contribution in [-0.2, 0) is 0 Å². The van der Waals surface area contributed by atoms with Gasteiger partial charge in [-0.15, -0.1) is 0 Å². The molecule has 1 fully saturated rings. The molecule has 0 spiro atoms. The summed E-state index contributed by atoms with van der Waals surface area (Å²) < 4.78 is 0. The third-order valence-corrected chi connectivity index (χ3v) is 3.24. The Morgan fingerprint density at radius 3 is 2.69 bits per heavy atom. The number of piperidine rings is 1. The zero-order chi connectivity index (χ0) is 11.5. The van der Waals surface area contributed by atoms with Gasteiger partial charge in [-0.25, -0.2) is 9.78 Å². The highest BCUT2D eigenvalue weighted by Gasteiger charge is 2.20. The zero-order valence-corrected chi connectivity index (χ0v) is 9.92. The van der Waals surface area contributed by atoms with E-state index in [1.165, 1.54) is 5.56 Å². The molecule has 2 rings (SSSR count). The predicted octanol–water partition coefficient (Wildman–Crippen LogP) is 1.36. The first-order valence-corrected chi connectivity index (χ1v) is 5.98. The van der Waals surface area contributed by atoms with E-state index in [0.717, 1.165) is 31.6 Å². The van der Waals surface area contributed by atoms with E-state index in [9.17, 15) is 4.79 Å². The maximum absolute atomic E-state index is 11.3. The van der Waals surface area contributed by atoms with E-state index in [0.29, 0.717) is 11.8 Å². The number of aromatic nitrogens is 2. The maximum Gasteiger partial charge on any atom is 0.345 e. The predicted molar refractivity (Wildman–Crippen MR) is 63.8 cm³/mol. The number of hydrogen-bond acceptors (Lipinski definition) is 3. The summed E-state index contributed by atoms with van der Waals surface area (Å²) in [7, 11) is 0. The lowest BCUT2D eigenvalue weighted by atomic mass is 9.88. The molecule has 2 N–H and O–H groups in total. The van der Waals surface area contributed by atoms with Crippen LogP contribution in [-0.4, -0.2) is 23.1 Å². The van der Waals surface area contributed by atoms with Gasteiger partial charge in [0.25, 0.3) is 0 Å². The van der Waals surface area contributed by atoms with E-state index in [1.54, 1.807) is 6.20 Å². The molecule has 88 valence electrons. The topological polar surface area (TPSA) is 57.8 Å². The molecule has 1 aromatic heterocycles. The molecule has 1 aliphatic heterocycles. The minimum absolute atomic E-state index is 0.224. The minimum atomic E-state index is -0.224. The van der Waals surface area contributed by atoms with Crippen molar-refractivity contribution in [3.63, 3.8) is 0 Å². The number of H-pyrrole nitrogens is 1. The summed E-state index contributed by atoms with van der Waals surface area (Å²) in [6, 6.07) is 0. The Hall–Kier alpha value is -1.16. The van der Waals surface area contributed by atoms with Crippen LogP contribution in [0.3, 0.4) is 0 Å². The van der Waals surface area contributed by atoms with Crippen molar-refractivity contribution >= 4 is 0 Å². The second-order valence-electron chi connectivity index (χ2n) is 4.74. The van der Waals surface area contributed by atoms with Gasteiger partial charge in [-0.2, -0.15) is 0 Å². The second-order valence-corrected chi connectivity index (χ2v) is 4.74. The first-order valence-electron chi connectivity index (χ1n) is 5.98. The average Bonchev–Trinajstić information content (AvgIpc) is 2.29. The van der Waals surface area contributed by atoms with Gasteiger partial charge in [0.2, 0.25) is 0 Å². The lowest BCUT2D eigenvalue weighted by molar-refractivity contribution is 0.448. The summed E-state index contributed by atoms with van der Waals surface area (Å²) in [4.78, 5) is 18.1. The molecule has 0 aromatic carbocycles. The quantitative estimate of drug-likeness (QED) is 0.792. The smallest absolute Gasteiger partial charge is 0.317 e. The van der Waals surface area contributed by atoms with Crippen molar-refractivity contribution in [3.8, 4) is 0 Å². The van der Waals surface area contributed by atoms with Crippen LogP contribution in [0, 0.1) is 0 Å². The lowest BCUT2D eigenvalue weighted by Gasteiger charge is -2.25. The van der Waals surface area contributed by atoms with E-state index in [-0.39, 0.29) is 5.69 Å². The van der Waals surface area contributed by atoms with Crippen LogP contribution in [0.1, 0.15) is 49.8 Å².